The highest BCUT2D eigenvalue weighted by Gasteiger charge is 2.20. The Kier molecular flexibility index (Phi) is 3.48. The summed E-state index contributed by atoms with van der Waals surface area (Å²) >= 11 is 6.08. The Labute approximate surface area is 120 Å². The number of aromatic nitrogens is 2. The number of alkyl halides is 1. The molecule has 1 aliphatic rings. The molecule has 0 saturated heterocycles. The van der Waals surface area contributed by atoms with Gasteiger partial charge in [0, 0.05) is 23.6 Å². The first-order chi connectivity index (χ1) is 9.61. The molecular weight excluding hydrogens is 280 g/mol. The van der Waals surface area contributed by atoms with E-state index in [1.54, 1.807) is 6.07 Å². The van der Waals surface area contributed by atoms with Gasteiger partial charge in [-0.2, -0.15) is 0 Å². The number of anilines is 1. The fourth-order valence-electron chi connectivity index (χ4n) is 2.57. The van der Waals surface area contributed by atoms with Crippen LogP contribution in [0.25, 0.3) is 11.0 Å². The average molecular weight is 295 g/mol. The molecule has 6 nitrogen and oxygen atoms in total. The Morgan fingerprint density at radius 2 is 2.10 bits per heavy atom. The average Bonchev–Trinajstić information content (AvgIpc) is 2.82. The highest BCUT2D eigenvalue weighted by atomic mass is 35.5. The molecule has 0 radical (unpaired) electrons. The summed E-state index contributed by atoms with van der Waals surface area (Å²) in [6.07, 6.45) is 4.05. The van der Waals surface area contributed by atoms with Gasteiger partial charge in [0.05, 0.1) is 16.0 Å². The van der Waals surface area contributed by atoms with Crippen LogP contribution in [0.2, 0.25) is 0 Å². The Morgan fingerprint density at radius 3 is 2.80 bits per heavy atom. The number of imidazole rings is 1. The Bertz CT molecular complexity index is 634. The van der Waals surface area contributed by atoms with Crippen LogP contribution in [0.3, 0.4) is 0 Å². The van der Waals surface area contributed by atoms with Crippen molar-refractivity contribution in [2.45, 2.75) is 37.1 Å². The van der Waals surface area contributed by atoms with Gasteiger partial charge in [0.15, 0.2) is 0 Å². The molecule has 3 rings (SSSR count). The lowest BCUT2D eigenvalue weighted by Crippen LogP contribution is -2.26. The number of nitrogens with one attached hydrogen (secondary N) is 2. The van der Waals surface area contributed by atoms with E-state index in [4.69, 9.17) is 11.6 Å². The quantitative estimate of drug-likeness (QED) is 0.516. The van der Waals surface area contributed by atoms with Crippen LogP contribution in [-0.4, -0.2) is 26.3 Å². The third-order valence-electron chi connectivity index (χ3n) is 3.67. The molecule has 106 valence electrons. The normalized spacial score (nSPS) is 22.9. The van der Waals surface area contributed by atoms with Crippen LogP contribution < -0.4 is 5.32 Å². The molecule has 0 atom stereocenters. The molecule has 1 saturated carbocycles. The van der Waals surface area contributed by atoms with Gasteiger partial charge in [0.25, 0.3) is 5.69 Å². The molecule has 2 N–H and O–H groups in total. The van der Waals surface area contributed by atoms with Gasteiger partial charge in [-0.05, 0) is 31.7 Å². The van der Waals surface area contributed by atoms with Crippen molar-refractivity contribution in [3.05, 3.63) is 28.3 Å². The summed E-state index contributed by atoms with van der Waals surface area (Å²) < 4.78 is 0. The maximum Gasteiger partial charge on any atom is 0.271 e. The monoisotopic (exact) mass is 294 g/mol. The standard InChI is InChI=1S/C13H15ClN4O2/c14-8-1-3-9(4-2-8)15-13-16-11-6-5-10(18(19)20)7-12(11)17-13/h5-9H,1-4H2,(H2,15,16,17). The number of H-pyrrole nitrogens is 1. The van der Waals surface area contributed by atoms with Gasteiger partial charge < -0.3 is 10.3 Å². The molecule has 0 spiro atoms. The highest BCUT2D eigenvalue weighted by molar-refractivity contribution is 6.20. The number of nitrogens with zero attached hydrogens (tertiary/aromatic N) is 2. The Morgan fingerprint density at radius 1 is 1.35 bits per heavy atom. The van der Waals surface area contributed by atoms with E-state index in [0.29, 0.717) is 17.5 Å². The van der Waals surface area contributed by atoms with Crippen LogP contribution in [0.5, 0.6) is 0 Å². The zero-order valence-corrected chi connectivity index (χ0v) is 11.6. The number of nitro groups is 1. The molecule has 2 aromatic rings. The van der Waals surface area contributed by atoms with Crippen molar-refractivity contribution in [2.24, 2.45) is 0 Å². The van der Waals surface area contributed by atoms with Crippen LogP contribution in [-0.2, 0) is 0 Å². The van der Waals surface area contributed by atoms with Crippen molar-refractivity contribution >= 4 is 34.3 Å². The van der Waals surface area contributed by atoms with Crippen LogP contribution in [0.4, 0.5) is 11.6 Å². The van der Waals surface area contributed by atoms with E-state index < -0.39 is 4.92 Å². The lowest BCUT2D eigenvalue weighted by molar-refractivity contribution is -0.384. The third-order valence-corrected chi connectivity index (χ3v) is 4.11. The van der Waals surface area contributed by atoms with Gasteiger partial charge in [-0.25, -0.2) is 4.98 Å². The van der Waals surface area contributed by atoms with Crippen LogP contribution >= 0.6 is 11.6 Å². The highest BCUT2D eigenvalue weighted by Crippen LogP contribution is 2.26. The number of aromatic amines is 1. The summed E-state index contributed by atoms with van der Waals surface area (Å²) in [5.74, 6) is 0.665. The van der Waals surface area contributed by atoms with Crippen molar-refractivity contribution in [1.82, 2.24) is 9.97 Å². The van der Waals surface area contributed by atoms with Crippen molar-refractivity contribution in [3.63, 3.8) is 0 Å². The summed E-state index contributed by atoms with van der Waals surface area (Å²) in [4.78, 5) is 17.8. The second kappa shape index (κ2) is 5.28. The summed E-state index contributed by atoms with van der Waals surface area (Å²) in [6.45, 7) is 0. The first kappa shape index (κ1) is 13.2. The molecule has 1 aromatic carbocycles. The lowest BCUT2D eigenvalue weighted by Gasteiger charge is -2.25. The van der Waals surface area contributed by atoms with E-state index >= 15 is 0 Å². The second-order valence-corrected chi connectivity index (χ2v) is 5.75. The maximum absolute atomic E-state index is 10.7. The minimum atomic E-state index is -0.408. The fourth-order valence-corrected chi connectivity index (χ4v) is 2.82. The number of nitro benzene ring substituents is 1. The Balaban J connectivity index is 1.77. The van der Waals surface area contributed by atoms with Gasteiger partial charge in [0.1, 0.15) is 0 Å². The molecule has 0 aliphatic heterocycles. The zero-order valence-electron chi connectivity index (χ0n) is 10.8. The zero-order chi connectivity index (χ0) is 14.1. The van der Waals surface area contributed by atoms with Gasteiger partial charge in [-0.3, -0.25) is 10.1 Å². The van der Waals surface area contributed by atoms with Crippen molar-refractivity contribution in [1.29, 1.82) is 0 Å². The lowest BCUT2D eigenvalue weighted by atomic mass is 9.95. The predicted molar refractivity (Wildman–Crippen MR) is 78.3 cm³/mol. The number of hydrogen-bond acceptors (Lipinski definition) is 4. The molecule has 20 heavy (non-hydrogen) atoms. The maximum atomic E-state index is 10.7. The SMILES string of the molecule is O=[N+]([O-])c1ccc2nc(NC3CCC(Cl)CC3)[nH]c2c1. The van der Waals surface area contributed by atoms with Crippen LogP contribution in [0, 0.1) is 10.1 Å². The van der Waals surface area contributed by atoms with Crippen molar-refractivity contribution in [2.75, 3.05) is 5.32 Å². The first-order valence-corrected chi connectivity index (χ1v) is 7.10. The van der Waals surface area contributed by atoms with E-state index in [1.807, 2.05) is 0 Å². The molecule has 0 bridgehead atoms. The van der Waals surface area contributed by atoms with E-state index in [9.17, 15) is 10.1 Å². The molecule has 1 heterocycles. The van der Waals surface area contributed by atoms with Crippen molar-refractivity contribution in [3.8, 4) is 0 Å². The first-order valence-electron chi connectivity index (χ1n) is 6.66. The summed E-state index contributed by atoms with van der Waals surface area (Å²) in [7, 11) is 0. The number of benzene rings is 1. The minimum absolute atomic E-state index is 0.0651. The molecule has 1 aromatic heterocycles. The van der Waals surface area contributed by atoms with Crippen LogP contribution in [0.15, 0.2) is 18.2 Å². The number of non-ortho nitro benzene ring substituents is 1. The fraction of sp³-hybridized carbons (Fsp3) is 0.462. The summed E-state index contributed by atoms with van der Waals surface area (Å²) in [5.41, 5.74) is 1.47. The van der Waals surface area contributed by atoms with E-state index in [-0.39, 0.29) is 11.1 Å². The van der Waals surface area contributed by atoms with Gasteiger partial charge in [-0.15, -0.1) is 11.6 Å². The smallest absolute Gasteiger partial charge is 0.271 e. The van der Waals surface area contributed by atoms with E-state index in [2.05, 4.69) is 15.3 Å². The predicted octanol–water partition coefficient (Wildman–Crippen LogP) is 3.43. The second-order valence-electron chi connectivity index (χ2n) is 5.14. The topological polar surface area (TPSA) is 83.8 Å². The number of fused-ring (bicyclic) bond motifs is 1. The molecule has 1 fully saturated rings. The summed E-state index contributed by atoms with van der Waals surface area (Å²) in [5, 5.41) is 14.4. The van der Waals surface area contributed by atoms with Gasteiger partial charge in [-0.1, -0.05) is 0 Å². The van der Waals surface area contributed by atoms with Crippen LogP contribution in [0.1, 0.15) is 25.7 Å². The van der Waals surface area contributed by atoms with Crippen molar-refractivity contribution < 1.29 is 4.92 Å². The Hall–Kier alpha value is -1.82. The number of rotatable bonds is 3. The van der Waals surface area contributed by atoms with E-state index in [1.165, 1.54) is 12.1 Å². The number of hydrogen-bond donors (Lipinski definition) is 2. The minimum Gasteiger partial charge on any atom is -0.353 e. The van der Waals surface area contributed by atoms with Gasteiger partial charge >= 0.3 is 0 Å². The molecule has 0 amide bonds. The molecule has 1 aliphatic carbocycles. The number of halogens is 1. The molecule has 0 unspecified atom stereocenters. The molecule has 7 heteroatoms. The molecular formula is C13H15ClN4O2. The summed E-state index contributed by atoms with van der Waals surface area (Å²) in [6, 6.07) is 4.99. The largest absolute Gasteiger partial charge is 0.353 e. The third kappa shape index (κ3) is 2.70. The van der Waals surface area contributed by atoms with E-state index in [0.717, 1.165) is 31.2 Å². The van der Waals surface area contributed by atoms with Gasteiger partial charge in [0.2, 0.25) is 5.95 Å².